The van der Waals surface area contributed by atoms with Crippen molar-refractivity contribution in [3.8, 4) is 11.1 Å². The van der Waals surface area contributed by atoms with Crippen molar-refractivity contribution in [1.29, 1.82) is 0 Å². The average molecular weight is 416 g/mol. The van der Waals surface area contributed by atoms with Gasteiger partial charge in [0.1, 0.15) is 6.61 Å². The average Bonchev–Trinajstić information content (AvgIpc) is 3.43. The van der Waals surface area contributed by atoms with Crippen molar-refractivity contribution >= 4 is 33.6 Å². The minimum atomic E-state index is -0.490. The molecule has 2 aromatic carbocycles. The van der Waals surface area contributed by atoms with Gasteiger partial charge < -0.3 is 14.7 Å². The molecule has 0 bridgehead atoms. The Balaban J connectivity index is 1.33. The van der Waals surface area contributed by atoms with Crippen molar-refractivity contribution < 1.29 is 9.53 Å². The molecular formula is C24H24N4O3. The molecule has 2 aromatic heterocycles. The molecule has 5 rings (SSSR count). The summed E-state index contributed by atoms with van der Waals surface area (Å²) < 4.78 is 5.29. The van der Waals surface area contributed by atoms with Gasteiger partial charge in [0, 0.05) is 40.5 Å². The zero-order valence-electron chi connectivity index (χ0n) is 17.1. The highest BCUT2D eigenvalue weighted by molar-refractivity contribution is 5.98. The zero-order valence-corrected chi connectivity index (χ0v) is 17.1. The highest BCUT2D eigenvalue weighted by atomic mass is 16.5. The smallest absolute Gasteiger partial charge is 0.411 e. The second kappa shape index (κ2) is 8.28. The van der Waals surface area contributed by atoms with Crippen molar-refractivity contribution in [3.63, 3.8) is 0 Å². The molecule has 31 heavy (non-hydrogen) atoms. The van der Waals surface area contributed by atoms with Crippen molar-refractivity contribution in [3.05, 3.63) is 65.1 Å². The van der Waals surface area contributed by atoms with Gasteiger partial charge in [-0.1, -0.05) is 24.3 Å². The highest BCUT2D eigenvalue weighted by Crippen LogP contribution is 2.28. The number of amides is 1. The van der Waals surface area contributed by atoms with Crippen LogP contribution in [0.1, 0.15) is 12.8 Å². The highest BCUT2D eigenvalue weighted by Gasteiger charge is 2.13. The van der Waals surface area contributed by atoms with E-state index in [0.717, 1.165) is 41.5 Å². The number of ether oxygens (including phenoxy) is 1. The summed E-state index contributed by atoms with van der Waals surface area (Å²) in [6.07, 6.45) is 3.79. The second-order valence-electron chi connectivity index (χ2n) is 7.87. The van der Waals surface area contributed by atoms with Gasteiger partial charge in [-0.05, 0) is 55.6 Å². The van der Waals surface area contributed by atoms with Gasteiger partial charge in [0.15, 0.2) is 0 Å². The second-order valence-corrected chi connectivity index (χ2v) is 7.87. The number of rotatable bonds is 5. The van der Waals surface area contributed by atoms with Crippen LogP contribution in [0.15, 0.2) is 59.5 Å². The van der Waals surface area contributed by atoms with Crippen LogP contribution in [0.2, 0.25) is 0 Å². The van der Waals surface area contributed by atoms with E-state index in [1.807, 2.05) is 42.6 Å². The summed E-state index contributed by atoms with van der Waals surface area (Å²) in [5, 5.41) is 4.62. The number of aromatic amines is 2. The number of nitrogens with zero attached hydrogens (tertiary/aromatic N) is 1. The largest absolute Gasteiger partial charge is 0.448 e. The van der Waals surface area contributed by atoms with E-state index in [2.05, 4.69) is 20.2 Å². The SMILES string of the molecule is O=C(Nc1ccc2cc(-c3c[nH]c4ccccc34)c(=O)[nH]c2c1)OCCN1CCCC1. The van der Waals surface area contributed by atoms with Crippen LogP contribution in [-0.4, -0.2) is 47.2 Å². The van der Waals surface area contributed by atoms with Crippen molar-refractivity contribution in [1.82, 2.24) is 14.9 Å². The number of H-pyrrole nitrogens is 2. The number of pyridine rings is 1. The molecule has 1 fully saturated rings. The molecule has 7 nitrogen and oxygen atoms in total. The van der Waals surface area contributed by atoms with Gasteiger partial charge >= 0.3 is 6.09 Å². The molecule has 0 unspecified atom stereocenters. The first-order valence-corrected chi connectivity index (χ1v) is 10.6. The number of likely N-dealkylation sites (tertiary alicyclic amines) is 1. The lowest BCUT2D eigenvalue weighted by Crippen LogP contribution is -2.26. The maximum atomic E-state index is 12.8. The third-order valence-electron chi connectivity index (χ3n) is 5.81. The molecule has 0 radical (unpaired) electrons. The number of carbonyl (C=O) groups is 1. The molecule has 0 aliphatic carbocycles. The Bertz CT molecular complexity index is 1300. The van der Waals surface area contributed by atoms with Gasteiger partial charge in [0.05, 0.1) is 5.52 Å². The molecule has 7 heteroatoms. The maximum Gasteiger partial charge on any atom is 0.411 e. The first-order valence-electron chi connectivity index (χ1n) is 10.6. The molecule has 1 aliphatic rings. The number of hydrogen-bond donors (Lipinski definition) is 3. The molecule has 3 heterocycles. The van der Waals surface area contributed by atoms with Crippen molar-refractivity contribution in [2.45, 2.75) is 12.8 Å². The Morgan fingerprint density at radius 2 is 1.87 bits per heavy atom. The van der Waals surface area contributed by atoms with E-state index in [4.69, 9.17) is 4.74 Å². The van der Waals surface area contributed by atoms with E-state index in [1.165, 1.54) is 12.8 Å². The Hall–Kier alpha value is -3.58. The molecule has 1 amide bonds. The fraction of sp³-hybridized carbons (Fsp3) is 0.250. The van der Waals surface area contributed by atoms with E-state index in [9.17, 15) is 9.59 Å². The summed E-state index contributed by atoms with van der Waals surface area (Å²) in [6.45, 7) is 3.27. The Morgan fingerprint density at radius 3 is 2.74 bits per heavy atom. The normalized spacial score (nSPS) is 14.3. The zero-order chi connectivity index (χ0) is 21.2. The van der Waals surface area contributed by atoms with Crippen LogP contribution >= 0.6 is 0 Å². The lowest BCUT2D eigenvalue weighted by Gasteiger charge is -2.14. The van der Waals surface area contributed by atoms with E-state index in [-0.39, 0.29) is 5.56 Å². The lowest BCUT2D eigenvalue weighted by atomic mass is 10.0. The van der Waals surface area contributed by atoms with Gasteiger partial charge in [0.25, 0.3) is 5.56 Å². The fourth-order valence-electron chi connectivity index (χ4n) is 4.20. The van der Waals surface area contributed by atoms with Crippen LogP contribution in [0.5, 0.6) is 0 Å². The van der Waals surface area contributed by atoms with Crippen molar-refractivity contribution in [2.24, 2.45) is 0 Å². The number of benzene rings is 2. The molecule has 4 aromatic rings. The molecule has 0 saturated carbocycles. The summed E-state index contributed by atoms with van der Waals surface area (Å²) in [7, 11) is 0. The molecule has 1 saturated heterocycles. The van der Waals surface area contributed by atoms with E-state index in [0.29, 0.717) is 23.4 Å². The quantitative estimate of drug-likeness (QED) is 0.452. The maximum absolute atomic E-state index is 12.8. The number of aromatic nitrogens is 2. The van der Waals surface area contributed by atoms with E-state index < -0.39 is 6.09 Å². The first-order chi connectivity index (χ1) is 15.2. The molecule has 158 valence electrons. The van der Waals surface area contributed by atoms with Crippen LogP contribution in [0.4, 0.5) is 10.5 Å². The standard InChI is InChI=1S/C24H24N4O3/c29-23-19(20-15-25-21-6-2-1-5-18(20)21)13-16-7-8-17(14-22(16)27-23)26-24(30)31-12-11-28-9-3-4-10-28/h1-2,5-8,13-15,25H,3-4,9-12H2,(H,26,30)(H,27,29). The third kappa shape index (κ3) is 4.04. The first kappa shape index (κ1) is 19.4. The summed E-state index contributed by atoms with van der Waals surface area (Å²) in [5.74, 6) is 0. The van der Waals surface area contributed by atoms with Crippen LogP contribution in [-0.2, 0) is 4.74 Å². The topological polar surface area (TPSA) is 90.2 Å². The van der Waals surface area contributed by atoms with E-state index >= 15 is 0 Å². The molecule has 1 aliphatic heterocycles. The van der Waals surface area contributed by atoms with Crippen LogP contribution < -0.4 is 10.9 Å². The van der Waals surface area contributed by atoms with Crippen molar-refractivity contribution in [2.75, 3.05) is 31.6 Å². The molecular weight excluding hydrogens is 392 g/mol. The summed E-state index contributed by atoms with van der Waals surface area (Å²) in [6, 6.07) is 15.2. The minimum absolute atomic E-state index is 0.178. The molecule has 0 atom stereocenters. The van der Waals surface area contributed by atoms with Gasteiger partial charge in [-0.3, -0.25) is 15.0 Å². The monoisotopic (exact) mass is 416 g/mol. The Kier molecular flexibility index (Phi) is 5.18. The van der Waals surface area contributed by atoms with Crippen LogP contribution in [0.25, 0.3) is 32.9 Å². The summed E-state index contributed by atoms with van der Waals surface area (Å²) >= 11 is 0. The number of anilines is 1. The fourth-order valence-corrected chi connectivity index (χ4v) is 4.20. The molecule has 0 spiro atoms. The number of fused-ring (bicyclic) bond motifs is 2. The van der Waals surface area contributed by atoms with Crippen LogP contribution in [0.3, 0.4) is 0 Å². The van der Waals surface area contributed by atoms with Gasteiger partial charge in [0.2, 0.25) is 0 Å². The lowest BCUT2D eigenvalue weighted by molar-refractivity contribution is 0.146. The van der Waals surface area contributed by atoms with Gasteiger partial charge in [-0.2, -0.15) is 0 Å². The third-order valence-corrected chi connectivity index (χ3v) is 5.81. The summed E-state index contributed by atoms with van der Waals surface area (Å²) in [5.41, 5.74) is 3.51. The van der Waals surface area contributed by atoms with E-state index in [1.54, 1.807) is 12.1 Å². The predicted molar refractivity (Wildman–Crippen MR) is 123 cm³/mol. The number of hydrogen-bond acceptors (Lipinski definition) is 4. The number of para-hydroxylation sites is 1. The predicted octanol–water partition coefficient (Wildman–Crippen LogP) is 4.32. The Labute approximate surface area is 179 Å². The summed E-state index contributed by atoms with van der Waals surface area (Å²) in [4.78, 5) is 33.3. The minimum Gasteiger partial charge on any atom is -0.448 e. The number of nitrogens with one attached hydrogen (secondary N) is 3. The Morgan fingerprint density at radius 1 is 1.03 bits per heavy atom. The van der Waals surface area contributed by atoms with Crippen LogP contribution in [0, 0.1) is 0 Å². The van der Waals surface area contributed by atoms with Gasteiger partial charge in [-0.25, -0.2) is 4.79 Å². The number of carbonyl (C=O) groups excluding carboxylic acids is 1. The van der Waals surface area contributed by atoms with Gasteiger partial charge in [-0.15, -0.1) is 0 Å². The molecule has 3 N–H and O–H groups in total.